The predicted molar refractivity (Wildman–Crippen MR) is 114 cm³/mol. The molecule has 0 aliphatic rings. The number of rotatable bonds is 8. The van der Waals surface area contributed by atoms with Crippen molar-refractivity contribution in [2.45, 2.75) is 25.2 Å². The zero-order valence-corrected chi connectivity index (χ0v) is 18.9. The summed E-state index contributed by atoms with van der Waals surface area (Å²) in [5, 5.41) is 2.72. The van der Waals surface area contributed by atoms with E-state index in [1.807, 2.05) is 32.0 Å². The first-order valence-corrected chi connectivity index (χ1v) is 11.3. The third-order valence-electron chi connectivity index (χ3n) is 3.96. The molecule has 0 spiro atoms. The van der Waals surface area contributed by atoms with E-state index in [4.69, 9.17) is 16.3 Å². The Hall–Kier alpha value is -1.94. The first-order chi connectivity index (χ1) is 13.6. The highest BCUT2D eigenvalue weighted by atomic mass is 79.9. The molecule has 1 amide bonds. The number of carbonyl (C=O) groups excluding carboxylic acids is 2. The number of anilines is 1. The molecule has 156 valence electrons. The van der Waals surface area contributed by atoms with Crippen LogP contribution in [0.1, 0.15) is 18.1 Å². The van der Waals surface area contributed by atoms with Gasteiger partial charge in [-0.1, -0.05) is 52.7 Å². The fourth-order valence-corrected chi connectivity index (χ4v) is 4.50. The van der Waals surface area contributed by atoms with Crippen molar-refractivity contribution >= 4 is 55.1 Å². The summed E-state index contributed by atoms with van der Waals surface area (Å²) in [6, 6.07) is 9.91. The van der Waals surface area contributed by atoms with Crippen LogP contribution in [0, 0.1) is 6.92 Å². The van der Waals surface area contributed by atoms with Gasteiger partial charge in [0.15, 0.2) is 6.61 Å². The van der Waals surface area contributed by atoms with Crippen molar-refractivity contribution in [3.05, 3.63) is 57.0 Å². The second-order valence-electron chi connectivity index (χ2n) is 6.07. The van der Waals surface area contributed by atoms with Crippen molar-refractivity contribution in [2.75, 3.05) is 18.5 Å². The summed E-state index contributed by atoms with van der Waals surface area (Å²) < 4.78 is 32.1. The molecule has 0 saturated heterocycles. The summed E-state index contributed by atoms with van der Waals surface area (Å²) in [5.41, 5.74) is 2.54. The van der Waals surface area contributed by atoms with Crippen molar-refractivity contribution in [1.29, 1.82) is 0 Å². The summed E-state index contributed by atoms with van der Waals surface area (Å²) in [6.07, 6.45) is 0.734. The Balaban J connectivity index is 1.89. The summed E-state index contributed by atoms with van der Waals surface area (Å²) >= 11 is 9.11. The van der Waals surface area contributed by atoms with Crippen molar-refractivity contribution in [3.8, 4) is 0 Å². The first kappa shape index (κ1) is 23.3. The Morgan fingerprint density at radius 2 is 1.93 bits per heavy atom. The second kappa shape index (κ2) is 10.2. The van der Waals surface area contributed by atoms with Gasteiger partial charge in [-0.25, -0.2) is 8.42 Å². The molecule has 2 rings (SSSR count). The number of ether oxygens (including phenoxy) is 1. The fraction of sp³-hybridized carbons (Fsp3) is 0.263. The van der Waals surface area contributed by atoms with E-state index in [0.29, 0.717) is 10.2 Å². The van der Waals surface area contributed by atoms with Gasteiger partial charge in [0, 0.05) is 10.2 Å². The Morgan fingerprint density at radius 1 is 1.21 bits per heavy atom. The lowest BCUT2D eigenvalue weighted by molar-refractivity contribution is -0.146. The number of sulfonamides is 1. The molecule has 0 aliphatic heterocycles. The lowest BCUT2D eigenvalue weighted by atomic mass is 10.1. The maximum Gasteiger partial charge on any atom is 0.321 e. The first-order valence-electron chi connectivity index (χ1n) is 8.62. The summed E-state index contributed by atoms with van der Waals surface area (Å²) in [5.74, 6) is -1.40. The number of carbonyl (C=O) groups is 2. The fourth-order valence-electron chi connectivity index (χ4n) is 2.50. The predicted octanol–water partition coefficient (Wildman–Crippen LogP) is 3.43. The van der Waals surface area contributed by atoms with E-state index in [1.165, 1.54) is 18.2 Å². The van der Waals surface area contributed by atoms with Crippen LogP contribution in [0.3, 0.4) is 0 Å². The van der Waals surface area contributed by atoms with E-state index in [2.05, 4.69) is 26.0 Å². The molecule has 0 saturated carbocycles. The smallest absolute Gasteiger partial charge is 0.321 e. The number of esters is 1. The van der Waals surface area contributed by atoms with E-state index >= 15 is 0 Å². The quantitative estimate of drug-likeness (QED) is 0.538. The zero-order chi connectivity index (χ0) is 21.6. The highest BCUT2D eigenvalue weighted by Gasteiger charge is 2.20. The average molecular weight is 504 g/mol. The molecule has 0 radical (unpaired) electrons. The number of hydrogen-bond acceptors (Lipinski definition) is 5. The van der Waals surface area contributed by atoms with E-state index < -0.39 is 35.1 Å². The van der Waals surface area contributed by atoms with Crippen LogP contribution in [-0.4, -0.2) is 33.4 Å². The van der Waals surface area contributed by atoms with E-state index in [-0.39, 0.29) is 9.92 Å². The van der Waals surface area contributed by atoms with Crippen LogP contribution >= 0.6 is 27.5 Å². The van der Waals surface area contributed by atoms with Crippen LogP contribution < -0.4 is 10.0 Å². The minimum Gasteiger partial charge on any atom is -0.455 e. The minimum absolute atomic E-state index is 0.00424. The summed E-state index contributed by atoms with van der Waals surface area (Å²) in [7, 11) is -4.01. The maximum absolute atomic E-state index is 12.3. The highest BCUT2D eigenvalue weighted by molar-refractivity contribution is 9.10. The number of halogens is 2. The lowest BCUT2D eigenvalue weighted by Gasteiger charge is -2.13. The molecule has 0 unspecified atom stereocenters. The topological polar surface area (TPSA) is 102 Å². The molecule has 0 aliphatic carbocycles. The van der Waals surface area contributed by atoms with Gasteiger partial charge in [0.2, 0.25) is 10.0 Å². The van der Waals surface area contributed by atoms with Crippen LogP contribution in [0.25, 0.3) is 0 Å². The molecule has 2 aromatic rings. The number of para-hydroxylation sites is 1. The van der Waals surface area contributed by atoms with Gasteiger partial charge in [-0.2, -0.15) is 4.72 Å². The van der Waals surface area contributed by atoms with Crippen molar-refractivity contribution in [2.24, 2.45) is 0 Å². The molecular formula is C19H20BrClN2O5S. The van der Waals surface area contributed by atoms with E-state index in [9.17, 15) is 18.0 Å². The standard InChI is InChI=1S/C19H20BrClN2O5S/c1-3-13-6-4-5-12(2)19(13)23-17(24)11-28-18(25)10-22-29(26,27)16-8-7-14(20)9-15(16)21/h4-9,22H,3,10-11H2,1-2H3,(H,23,24). The second-order valence-corrected chi connectivity index (χ2v) is 9.13. The number of amides is 1. The van der Waals surface area contributed by atoms with Crippen LogP contribution in [0.2, 0.25) is 5.02 Å². The van der Waals surface area contributed by atoms with Crippen molar-refractivity contribution < 1.29 is 22.7 Å². The van der Waals surface area contributed by atoms with E-state index in [1.54, 1.807) is 0 Å². The van der Waals surface area contributed by atoms with Gasteiger partial charge in [-0.15, -0.1) is 0 Å². The van der Waals surface area contributed by atoms with Gasteiger partial charge in [0.1, 0.15) is 11.4 Å². The average Bonchev–Trinajstić information content (AvgIpc) is 2.66. The van der Waals surface area contributed by atoms with Crippen LogP contribution in [0.4, 0.5) is 5.69 Å². The molecule has 7 nitrogen and oxygen atoms in total. The molecular weight excluding hydrogens is 484 g/mol. The Bertz CT molecular complexity index is 1030. The van der Waals surface area contributed by atoms with Crippen LogP contribution in [-0.2, 0) is 30.8 Å². The molecule has 0 bridgehead atoms. The molecule has 10 heteroatoms. The third kappa shape index (κ3) is 6.53. The van der Waals surface area contributed by atoms with Crippen molar-refractivity contribution in [3.63, 3.8) is 0 Å². The number of aryl methyl sites for hydroxylation is 2. The van der Waals surface area contributed by atoms with Gasteiger partial charge < -0.3 is 10.1 Å². The Kier molecular flexibility index (Phi) is 8.21. The molecule has 0 heterocycles. The van der Waals surface area contributed by atoms with Gasteiger partial charge >= 0.3 is 5.97 Å². The number of hydrogen-bond donors (Lipinski definition) is 2. The molecule has 0 fully saturated rings. The largest absolute Gasteiger partial charge is 0.455 e. The van der Waals surface area contributed by atoms with Gasteiger partial charge in [0.25, 0.3) is 5.91 Å². The zero-order valence-electron chi connectivity index (χ0n) is 15.8. The molecule has 0 aromatic heterocycles. The normalized spacial score (nSPS) is 11.2. The SMILES string of the molecule is CCc1cccc(C)c1NC(=O)COC(=O)CNS(=O)(=O)c1ccc(Br)cc1Cl. The van der Waals surface area contributed by atoms with E-state index in [0.717, 1.165) is 17.5 Å². The van der Waals surface area contributed by atoms with Gasteiger partial charge in [-0.3, -0.25) is 9.59 Å². The molecule has 0 atom stereocenters. The van der Waals surface area contributed by atoms with Gasteiger partial charge in [0.05, 0.1) is 5.02 Å². The van der Waals surface area contributed by atoms with Gasteiger partial charge in [-0.05, 0) is 42.7 Å². The monoisotopic (exact) mass is 502 g/mol. The Labute approximate surface area is 183 Å². The molecule has 2 aromatic carbocycles. The number of benzene rings is 2. The van der Waals surface area contributed by atoms with Crippen LogP contribution in [0.15, 0.2) is 45.8 Å². The summed E-state index contributed by atoms with van der Waals surface area (Å²) in [6.45, 7) is 2.67. The molecule has 29 heavy (non-hydrogen) atoms. The number of nitrogens with one attached hydrogen (secondary N) is 2. The highest BCUT2D eigenvalue weighted by Crippen LogP contribution is 2.25. The third-order valence-corrected chi connectivity index (χ3v) is 6.34. The van der Waals surface area contributed by atoms with Crippen LogP contribution in [0.5, 0.6) is 0 Å². The Morgan fingerprint density at radius 3 is 2.59 bits per heavy atom. The summed E-state index contributed by atoms with van der Waals surface area (Å²) in [4.78, 5) is 23.8. The van der Waals surface area contributed by atoms with Crippen molar-refractivity contribution in [1.82, 2.24) is 4.72 Å². The minimum atomic E-state index is -4.01. The maximum atomic E-state index is 12.3. The molecule has 2 N–H and O–H groups in total. The lowest BCUT2D eigenvalue weighted by Crippen LogP contribution is -2.32.